The number of pyridine rings is 1. The summed E-state index contributed by atoms with van der Waals surface area (Å²) in [6.07, 6.45) is 0. The van der Waals surface area contributed by atoms with Crippen molar-refractivity contribution in [2.24, 2.45) is 0 Å². The average Bonchev–Trinajstić information content (AvgIpc) is 2.28. The van der Waals surface area contributed by atoms with Gasteiger partial charge in [0.25, 0.3) is 0 Å². The van der Waals surface area contributed by atoms with Crippen LogP contribution in [0.4, 0.5) is 5.82 Å². The van der Waals surface area contributed by atoms with Gasteiger partial charge in [0.2, 0.25) is 5.88 Å². The van der Waals surface area contributed by atoms with Gasteiger partial charge < -0.3 is 9.64 Å². The molecule has 0 aliphatic rings. The lowest BCUT2D eigenvalue weighted by atomic mass is 10.3. The summed E-state index contributed by atoms with van der Waals surface area (Å²) < 4.78 is 5.34. The Kier molecular flexibility index (Phi) is 4.69. The van der Waals surface area contributed by atoms with E-state index in [4.69, 9.17) is 16.3 Å². The fraction of sp³-hybridized carbons (Fsp3) is 0.545. The topological polar surface area (TPSA) is 25.4 Å². The van der Waals surface area contributed by atoms with Gasteiger partial charge in [-0.2, -0.15) is 4.98 Å². The highest BCUT2D eigenvalue weighted by molar-refractivity contribution is 6.18. The van der Waals surface area contributed by atoms with Gasteiger partial charge in [-0.1, -0.05) is 6.07 Å². The number of hydrogen-bond donors (Lipinski definition) is 0. The van der Waals surface area contributed by atoms with Crippen LogP contribution in [0, 0.1) is 0 Å². The van der Waals surface area contributed by atoms with Crippen LogP contribution in [0.25, 0.3) is 0 Å². The van der Waals surface area contributed by atoms with Crippen molar-refractivity contribution in [2.75, 3.05) is 24.4 Å². The molecular formula is C11H17ClN2O. The highest BCUT2D eigenvalue weighted by atomic mass is 35.5. The first-order valence-corrected chi connectivity index (χ1v) is 5.61. The Balaban J connectivity index is 2.80. The lowest BCUT2D eigenvalue weighted by molar-refractivity contribution is 0.327. The first-order valence-electron chi connectivity index (χ1n) is 5.07. The van der Waals surface area contributed by atoms with E-state index in [2.05, 4.69) is 11.9 Å². The molecule has 1 atom stereocenters. The third kappa shape index (κ3) is 3.27. The monoisotopic (exact) mass is 228 g/mol. The Labute approximate surface area is 96.0 Å². The van der Waals surface area contributed by atoms with Gasteiger partial charge >= 0.3 is 0 Å². The number of ether oxygens (including phenoxy) is 1. The van der Waals surface area contributed by atoms with E-state index in [0.717, 1.165) is 5.82 Å². The van der Waals surface area contributed by atoms with Crippen molar-refractivity contribution in [1.82, 2.24) is 4.98 Å². The predicted molar refractivity (Wildman–Crippen MR) is 64.0 cm³/mol. The van der Waals surface area contributed by atoms with E-state index in [1.807, 2.05) is 37.1 Å². The molecule has 0 radical (unpaired) electrons. The minimum absolute atomic E-state index is 0.260. The summed E-state index contributed by atoms with van der Waals surface area (Å²) >= 11 is 5.80. The second-order valence-corrected chi connectivity index (χ2v) is 3.69. The van der Waals surface area contributed by atoms with Gasteiger partial charge in [0.15, 0.2) is 0 Å². The minimum Gasteiger partial charge on any atom is -0.478 e. The molecule has 0 aromatic carbocycles. The summed E-state index contributed by atoms with van der Waals surface area (Å²) in [6.45, 7) is 4.63. The molecule has 0 N–H and O–H groups in total. The number of nitrogens with zero attached hydrogens (tertiary/aromatic N) is 2. The zero-order valence-electron chi connectivity index (χ0n) is 9.40. The molecule has 0 aliphatic carbocycles. The number of aromatic nitrogens is 1. The zero-order chi connectivity index (χ0) is 11.3. The molecule has 0 saturated heterocycles. The molecule has 0 bridgehead atoms. The maximum Gasteiger partial charge on any atom is 0.215 e. The van der Waals surface area contributed by atoms with E-state index >= 15 is 0 Å². The van der Waals surface area contributed by atoms with E-state index in [1.165, 1.54) is 0 Å². The fourth-order valence-electron chi connectivity index (χ4n) is 1.16. The molecule has 1 aromatic heterocycles. The molecule has 0 aliphatic heterocycles. The largest absolute Gasteiger partial charge is 0.478 e. The van der Waals surface area contributed by atoms with Crippen molar-refractivity contribution in [2.45, 2.75) is 19.9 Å². The van der Waals surface area contributed by atoms with Gasteiger partial charge in [0.1, 0.15) is 5.82 Å². The Morgan fingerprint density at radius 3 is 2.87 bits per heavy atom. The number of alkyl halides is 1. The first kappa shape index (κ1) is 12.1. The second-order valence-electron chi connectivity index (χ2n) is 3.38. The third-order valence-electron chi connectivity index (χ3n) is 2.25. The van der Waals surface area contributed by atoms with Crippen molar-refractivity contribution in [3.8, 4) is 5.88 Å². The normalized spacial score (nSPS) is 12.3. The third-order valence-corrected chi connectivity index (χ3v) is 2.69. The Hall–Kier alpha value is -0.960. The first-order chi connectivity index (χ1) is 7.19. The van der Waals surface area contributed by atoms with Crippen LogP contribution in [0.2, 0.25) is 0 Å². The molecule has 0 saturated carbocycles. The second kappa shape index (κ2) is 5.81. The number of halogens is 1. The molecule has 1 aromatic rings. The van der Waals surface area contributed by atoms with Crippen molar-refractivity contribution >= 4 is 17.4 Å². The van der Waals surface area contributed by atoms with Crippen LogP contribution in [0.1, 0.15) is 13.8 Å². The van der Waals surface area contributed by atoms with Gasteiger partial charge in [0, 0.05) is 25.0 Å². The molecule has 1 heterocycles. The van der Waals surface area contributed by atoms with E-state index in [0.29, 0.717) is 18.4 Å². The molecule has 1 rings (SSSR count). The molecule has 1 unspecified atom stereocenters. The molecular weight excluding hydrogens is 212 g/mol. The van der Waals surface area contributed by atoms with Crippen LogP contribution in [0.15, 0.2) is 18.2 Å². The molecule has 0 amide bonds. The van der Waals surface area contributed by atoms with Crippen LogP contribution in [-0.2, 0) is 0 Å². The zero-order valence-corrected chi connectivity index (χ0v) is 10.2. The average molecular weight is 229 g/mol. The minimum atomic E-state index is 0.260. The van der Waals surface area contributed by atoms with Crippen LogP contribution in [0.3, 0.4) is 0 Å². The maximum absolute atomic E-state index is 5.80. The van der Waals surface area contributed by atoms with Gasteiger partial charge in [-0.3, -0.25) is 0 Å². The molecule has 0 fully saturated rings. The Morgan fingerprint density at radius 2 is 2.27 bits per heavy atom. The lowest BCUT2D eigenvalue weighted by Crippen LogP contribution is -2.30. The van der Waals surface area contributed by atoms with E-state index in [-0.39, 0.29) is 6.04 Å². The maximum atomic E-state index is 5.80. The van der Waals surface area contributed by atoms with Crippen molar-refractivity contribution < 1.29 is 4.74 Å². The molecule has 4 heteroatoms. The quantitative estimate of drug-likeness (QED) is 0.725. The summed E-state index contributed by atoms with van der Waals surface area (Å²) in [5.41, 5.74) is 0. The van der Waals surface area contributed by atoms with E-state index in [1.54, 1.807) is 0 Å². The number of rotatable bonds is 5. The summed E-state index contributed by atoms with van der Waals surface area (Å²) in [5, 5.41) is 0. The summed E-state index contributed by atoms with van der Waals surface area (Å²) in [6, 6.07) is 6.00. The van der Waals surface area contributed by atoms with Gasteiger partial charge in [-0.05, 0) is 19.9 Å². The van der Waals surface area contributed by atoms with Gasteiger partial charge in [-0.25, -0.2) is 0 Å². The fourth-order valence-corrected chi connectivity index (χ4v) is 1.36. The van der Waals surface area contributed by atoms with Gasteiger partial charge in [0.05, 0.1) is 6.61 Å². The standard InChI is InChI=1S/C11H17ClN2O/c1-4-15-11-7-5-6-10(13-11)14(3)9(2)8-12/h5-7,9H,4,8H2,1-3H3. The van der Waals surface area contributed by atoms with Crippen molar-refractivity contribution in [3.05, 3.63) is 18.2 Å². The summed E-state index contributed by atoms with van der Waals surface area (Å²) in [7, 11) is 1.98. The van der Waals surface area contributed by atoms with Crippen molar-refractivity contribution in [1.29, 1.82) is 0 Å². The summed E-state index contributed by atoms with van der Waals surface area (Å²) in [5.74, 6) is 2.12. The van der Waals surface area contributed by atoms with Gasteiger partial charge in [-0.15, -0.1) is 11.6 Å². The van der Waals surface area contributed by atoms with E-state index < -0.39 is 0 Å². The smallest absolute Gasteiger partial charge is 0.215 e. The highest BCUT2D eigenvalue weighted by Crippen LogP contribution is 2.16. The molecule has 0 spiro atoms. The molecule has 84 valence electrons. The SMILES string of the molecule is CCOc1cccc(N(C)C(C)CCl)n1. The molecule has 3 nitrogen and oxygen atoms in total. The highest BCUT2D eigenvalue weighted by Gasteiger charge is 2.10. The Bertz CT molecular complexity index is 306. The van der Waals surface area contributed by atoms with Crippen LogP contribution >= 0.6 is 11.6 Å². The number of anilines is 1. The number of hydrogen-bond acceptors (Lipinski definition) is 3. The van der Waals surface area contributed by atoms with Crippen LogP contribution in [0.5, 0.6) is 5.88 Å². The van der Waals surface area contributed by atoms with E-state index in [9.17, 15) is 0 Å². The lowest BCUT2D eigenvalue weighted by Gasteiger charge is -2.24. The molecule has 15 heavy (non-hydrogen) atoms. The summed E-state index contributed by atoms with van der Waals surface area (Å²) in [4.78, 5) is 6.41. The predicted octanol–water partition coefficient (Wildman–Crippen LogP) is 2.54. The van der Waals surface area contributed by atoms with Crippen LogP contribution < -0.4 is 9.64 Å². The Morgan fingerprint density at radius 1 is 1.53 bits per heavy atom. The van der Waals surface area contributed by atoms with Crippen LogP contribution in [-0.4, -0.2) is 30.6 Å². The van der Waals surface area contributed by atoms with Crippen molar-refractivity contribution in [3.63, 3.8) is 0 Å².